The lowest BCUT2D eigenvalue weighted by atomic mass is 10.0. The minimum Gasteiger partial charge on any atom is -0.462 e. The molecule has 1 atom stereocenters. The summed E-state index contributed by atoms with van der Waals surface area (Å²) in [4.78, 5) is 37.9. The molecule has 0 saturated carbocycles. The van der Waals surface area contributed by atoms with Crippen LogP contribution in [0, 0.1) is 0 Å². The van der Waals surface area contributed by atoms with E-state index in [1.165, 1.54) is 238 Å². The van der Waals surface area contributed by atoms with Crippen LogP contribution in [0.3, 0.4) is 0 Å². The number of hydrogen-bond acceptors (Lipinski definition) is 6. The summed E-state index contributed by atoms with van der Waals surface area (Å²) in [5.74, 6) is -0.862. The fraction of sp³-hybridized carbons (Fsp3) is 0.891. The van der Waals surface area contributed by atoms with E-state index in [9.17, 15) is 14.4 Å². The van der Waals surface area contributed by atoms with Crippen molar-refractivity contribution in [2.24, 2.45) is 0 Å². The van der Waals surface area contributed by atoms with E-state index < -0.39 is 6.10 Å². The van der Waals surface area contributed by atoms with Crippen molar-refractivity contribution >= 4 is 17.9 Å². The van der Waals surface area contributed by atoms with Crippen LogP contribution in [0.4, 0.5) is 0 Å². The molecule has 0 aromatic carbocycles. The monoisotopic (exact) mass is 985 g/mol. The average molecular weight is 986 g/mol. The zero-order valence-corrected chi connectivity index (χ0v) is 47.3. The summed E-state index contributed by atoms with van der Waals surface area (Å²) in [5.41, 5.74) is 0. The molecule has 0 aliphatic carbocycles. The first kappa shape index (κ1) is 67.9. The molecule has 0 rings (SSSR count). The molecule has 0 heterocycles. The van der Waals surface area contributed by atoms with Crippen LogP contribution in [-0.4, -0.2) is 37.2 Å². The van der Waals surface area contributed by atoms with Crippen LogP contribution in [0.15, 0.2) is 24.3 Å². The van der Waals surface area contributed by atoms with Crippen LogP contribution in [0.2, 0.25) is 0 Å². The summed E-state index contributed by atoms with van der Waals surface area (Å²) in [5, 5.41) is 0. The highest BCUT2D eigenvalue weighted by molar-refractivity contribution is 5.71. The Hall–Kier alpha value is -2.11. The van der Waals surface area contributed by atoms with E-state index in [0.29, 0.717) is 19.3 Å². The molecule has 6 nitrogen and oxygen atoms in total. The Morgan fingerprint density at radius 3 is 0.786 bits per heavy atom. The van der Waals surface area contributed by atoms with Crippen LogP contribution >= 0.6 is 0 Å². The van der Waals surface area contributed by atoms with Gasteiger partial charge in [0.2, 0.25) is 0 Å². The van der Waals surface area contributed by atoms with Gasteiger partial charge < -0.3 is 14.2 Å². The van der Waals surface area contributed by atoms with Crippen molar-refractivity contribution < 1.29 is 28.6 Å². The summed E-state index contributed by atoms with van der Waals surface area (Å²) in [6.07, 6.45) is 70.9. The van der Waals surface area contributed by atoms with Gasteiger partial charge in [0, 0.05) is 19.3 Å². The standard InChI is InChI=1S/C64H120O6/c1-4-7-10-13-15-17-19-21-23-25-27-29-31-33-34-36-38-40-42-44-46-48-51-54-57-63(66)69-60-61(59-68-62(65)56-53-50-12-9-6-3)70-64(67)58-55-52-49-47-45-43-41-39-37-35-32-30-28-26-24-22-20-18-16-14-11-8-5-2/h20,22,26,28,61H,4-19,21,23-25,27,29-60H2,1-3H3/b22-20-,28-26-. The molecule has 0 bridgehead atoms. The third kappa shape index (κ3) is 56.8. The SMILES string of the molecule is CCCCCCC/C=C\C/C=C\CCCCCCCCCCCCCC(=O)OC(COC(=O)CCCCCCC)COC(=O)CCCCCCCCCCCCCCCCCCCCCCCCCC. The number of rotatable bonds is 58. The van der Waals surface area contributed by atoms with Crippen molar-refractivity contribution in [2.45, 2.75) is 354 Å². The Bertz CT molecular complexity index is 1130. The predicted molar refractivity (Wildman–Crippen MR) is 303 cm³/mol. The Labute approximate surface area is 436 Å². The number of ether oxygens (including phenoxy) is 3. The van der Waals surface area contributed by atoms with Gasteiger partial charge in [0.05, 0.1) is 0 Å². The summed E-state index contributed by atoms with van der Waals surface area (Å²) < 4.78 is 16.8. The highest BCUT2D eigenvalue weighted by Gasteiger charge is 2.19. The van der Waals surface area contributed by atoms with E-state index in [4.69, 9.17) is 14.2 Å². The number of esters is 3. The summed E-state index contributed by atoms with van der Waals surface area (Å²) in [7, 11) is 0. The second kappa shape index (κ2) is 59.5. The Morgan fingerprint density at radius 2 is 0.514 bits per heavy atom. The molecule has 0 aliphatic heterocycles. The third-order valence-corrected chi connectivity index (χ3v) is 14.2. The maximum atomic E-state index is 12.8. The van der Waals surface area contributed by atoms with E-state index in [-0.39, 0.29) is 31.1 Å². The quantitative estimate of drug-likeness (QED) is 0.0261. The molecule has 70 heavy (non-hydrogen) atoms. The minimum absolute atomic E-state index is 0.0674. The normalized spacial score (nSPS) is 12.1. The zero-order chi connectivity index (χ0) is 50.7. The molecule has 0 aliphatic rings. The van der Waals surface area contributed by atoms with Crippen LogP contribution in [-0.2, 0) is 28.6 Å². The molecule has 0 radical (unpaired) electrons. The largest absolute Gasteiger partial charge is 0.462 e. The Balaban J connectivity index is 4.00. The second-order valence-corrected chi connectivity index (χ2v) is 21.3. The smallest absolute Gasteiger partial charge is 0.306 e. The Morgan fingerprint density at radius 1 is 0.286 bits per heavy atom. The van der Waals surface area contributed by atoms with E-state index in [2.05, 4.69) is 45.1 Å². The molecule has 412 valence electrons. The summed E-state index contributed by atoms with van der Waals surface area (Å²) >= 11 is 0. The first-order valence-electron chi connectivity index (χ1n) is 31.3. The number of carbonyl (C=O) groups excluding carboxylic acids is 3. The molecular formula is C64H120O6. The van der Waals surface area contributed by atoms with Gasteiger partial charge in [0.15, 0.2) is 6.10 Å². The lowest BCUT2D eigenvalue weighted by molar-refractivity contribution is -0.167. The number of carbonyl (C=O) groups is 3. The van der Waals surface area contributed by atoms with Crippen molar-refractivity contribution in [3.05, 3.63) is 24.3 Å². The molecule has 0 aromatic heterocycles. The zero-order valence-electron chi connectivity index (χ0n) is 47.3. The molecule has 0 amide bonds. The molecular weight excluding hydrogens is 865 g/mol. The minimum atomic E-state index is -0.766. The molecule has 0 aromatic rings. The molecule has 0 saturated heterocycles. The molecule has 1 unspecified atom stereocenters. The molecule has 0 N–H and O–H groups in total. The van der Waals surface area contributed by atoms with Gasteiger partial charge in [-0.25, -0.2) is 0 Å². The van der Waals surface area contributed by atoms with E-state index in [1.54, 1.807) is 0 Å². The first-order chi connectivity index (χ1) is 34.5. The highest BCUT2D eigenvalue weighted by Crippen LogP contribution is 2.18. The van der Waals surface area contributed by atoms with Gasteiger partial charge in [-0.2, -0.15) is 0 Å². The van der Waals surface area contributed by atoms with Gasteiger partial charge in [-0.15, -0.1) is 0 Å². The van der Waals surface area contributed by atoms with Gasteiger partial charge in [-0.3, -0.25) is 14.4 Å². The van der Waals surface area contributed by atoms with Gasteiger partial charge in [-0.05, 0) is 51.4 Å². The molecule has 0 fully saturated rings. The van der Waals surface area contributed by atoms with Crippen LogP contribution < -0.4 is 0 Å². The fourth-order valence-corrected chi connectivity index (χ4v) is 9.48. The Kier molecular flexibility index (Phi) is 57.7. The van der Waals surface area contributed by atoms with Crippen molar-refractivity contribution in [1.82, 2.24) is 0 Å². The van der Waals surface area contributed by atoms with Gasteiger partial charge >= 0.3 is 17.9 Å². The first-order valence-corrected chi connectivity index (χ1v) is 31.3. The summed E-state index contributed by atoms with van der Waals surface area (Å²) in [6, 6.07) is 0. The van der Waals surface area contributed by atoms with Crippen molar-refractivity contribution in [3.63, 3.8) is 0 Å². The van der Waals surface area contributed by atoms with E-state index in [1.807, 2.05) is 0 Å². The third-order valence-electron chi connectivity index (χ3n) is 14.2. The predicted octanol–water partition coefficient (Wildman–Crippen LogP) is 21.1. The van der Waals surface area contributed by atoms with Gasteiger partial charge in [0.25, 0.3) is 0 Å². The number of allylic oxidation sites excluding steroid dienone is 4. The fourth-order valence-electron chi connectivity index (χ4n) is 9.48. The number of unbranched alkanes of at least 4 members (excludes halogenated alkanes) is 43. The maximum absolute atomic E-state index is 12.8. The molecule has 6 heteroatoms. The topological polar surface area (TPSA) is 78.9 Å². The molecule has 0 spiro atoms. The summed E-state index contributed by atoms with van der Waals surface area (Å²) in [6.45, 7) is 6.60. The average Bonchev–Trinajstić information content (AvgIpc) is 3.36. The highest BCUT2D eigenvalue weighted by atomic mass is 16.6. The second-order valence-electron chi connectivity index (χ2n) is 21.3. The lowest BCUT2D eigenvalue weighted by Crippen LogP contribution is -2.30. The van der Waals surface area contributed by atoms with Crippen LogP contribution in [0.5, 0.6) is 0 Å². The lowest BCUT2D eigenvalue weighted by Gasteiger charge is -2.18. The van der Waals surface area contributed by atoms with Crippen LogP contribution in [0.25, 0.3) is 0 Å². The van der Waals surface area contributed by atoms with E-state index in [0.717, 1.165) is 70.6 Å². The van der Waals surface area contributed by atoms with Crippen molar-refractivity contribution in [1.29, 1.82) is 0 Å². The van der Waals surface area contributed by atoms with Crippen molar-refractivity contribution in [3.8, 4) is 0 Å². The van der Waals surface area contributed by atoms with Crippen molar-refractivity contribution in [2.75, 3.05) is 13.2 Å². The van der Waals surface area contributed by atoms with Gasteiger partial charge in [-0.1, -0.05) is 302 Å². The maximum Gasteiger partial charge on any atom is 0.306 e. The van der Waals surface area contributed by atoms with Crippen LogP contribution in [0.1, 0.15) is 348 Å². The number of hydrogen-bond donors (Lipinski definition) is 0. The van der Waals surface area contributed by atoms with Gasteiger partial charge in [0.1, 0.15) is 13.2 Å². The van der Waals surface area contributed by atoms with E-state index >= 15 is 0 Å².